The fraction of sp³-hybridized carbons (Fsp3) is 0.122. The van der Waals surface area contributed by atoms with Crippen LogP contribution in [0.15, 0.2) is 182 Å². The van der Waals surface area contributed by atoms with E-state index < -0.39 is 45.3 Å². The summed E-state index contributed by atoms with van der Waals surface area (Å²) in [5.41, 5.74) is 0. The third kappa shape index (κ3) is 11.9. The van der Waals surface area contributed by atoms with Crippen LogP contribution in [0.1, 0.15) is 6.42 Å². The molecular formula is C41H36EuF6O4P2. The Morgan fingerprint density at radius 1 is 0.370 bits per heavy atom. The van der Waals surface area contributed by atoms with Crippen molar-refractivity contribution in [3.8, 4) is 0 Å². The summed E-state index contributed by atoms with van der Waals surface area (Å²) in [6.07, 6.45) is -18.4. The second-order valence-electron chi connectivity index (χ2n) is 11.6. The van der Waals surface area contributed by atoms with E-state index in [0.717, 1.165) is 31.8 Å². The van der Waals surface area contributed by atoms with Crippen molar-refractivity contribution < 1.29 is 95.1 Å². The summed E-state index contributed by atoms with van der Waals surface area (Å²) in [5, 5.41) is 21.5. The van der Waals surface area contributed by atoms with Crippen molar-refractivity contribution in [3.63, 3.8) is 0 Å². The van der Waals surface area contributed by atoms with E-state index >= 15 is 0 Å². The summed E-state index contributed by atoms with van der Waals surface area (Å²) >= 11 is 0. The molecule has 0 saturated carbocycles. The van der Waals surface area contributed by atoms with Crippen molar-refractivity contribution in [1.29, 1.82) is 0 Å². The second-order valence-corrected chi connectivity index (χ2v) is 17.1. The summed E-state index contributed by atoms with van der Waals surface area (Å²) in [4.78, 5) is 0. The number of aliphatic hydroxyl groups is 2. The van der Waals surface area contributed by atoms with Gasteiger partial charge in [-0.15, -0.1) is 0 Å². The molecule has 0 aliphatic carbocycles. The van der Waals surface area contributed by atoms with Gasteiger partial charge in [0.25, 0.3) is 0 Å². The van der Waals surface area contributed by atoms with Crippen LogP contribution in [0.25, 0.3) is 0 Å². The Morgan fingerprint density at radius 3 is 0.648 bits per heavy atom. The van der Waals surface area contributed by atoms with E-state index in [4.69, 9.17) is 10.2 Å². The SMILES string of the molecule is O=P(c1ccccc1)(c1ccccc1)c1ccccc1.O=P(c1ccccc1)(c1ccccc1)c1ccccc1.OC(CC(O)C(F)(F)F)C(F)(F)F.[Eu]. The van der Waals surface area contributed by atoms with Crippen LogP contribution < -0.4 is 31.8 Å². The summed E-state index contributed by atoms with van der Waals surface area (Å²) in [6.45, 7) is 0. The van der Waals surface area contributed by atoms with Crippen LogP contribution in [0.2, 0.25) is 0 Å². The standard InChI is InChI=1S/2C18H15OP.C5H6F6O2.Eu/c2*19-20(16-10-4-1-5-11-16,17-12-6-2-7-13-17)18-14-8-3-9-15-18;6-4(7,8)2(12)1-3(13)5(9,10)11;/h2*1-15H;2-3,12-13H,1H2;. The first-order valence-corrected chi connectivity index (χ1v) is 19.6. The molecule has 13 heteroatoms. The molecule has 0 bridgehead atoms. The third-order valence-electron chi connectivity index (χ3n) is 7.92. The molecule has 0 spiro atoms. The van der Waals surface area contributed by atoms with Crippen LogP contribution in [-0.2, 0) is 9.13 Å². The zero-order valence-electron chi connectivity index (χ0n) is 28.4. The van der Waals surface area contributed by atoms with E-state index in [1.165, 1.54) is 0 Å². The number of hydrogen-bond acceptors (Lipinski definition) is 4. The van der Waals surface area contributed by atoms with Gasteiger partial charge in [0.1, 0.15) is 0 Å². The molecule has 2 unspecified atom stereocenters. The largest absolute Gasteiger partial charge is 0.414 e. The van der Waals surface area contributed by atoms with Crippen molar-refractivity contribution in [2.24, 2.45) is 0 Å². The smallest absolute Gasteiger partial charge is 0.384 e. The minimum atomic E-state index is -5.15. The van der Waals surface area contributed by atoms with Crippen molar-refractivity contribution in [2.45, 2.75) is 31.0 Å². The number of benzene rings is 6. The van der Waals surface area contributed by atoms with E-state index in [0.29, 0.717) is 0 Å². The summed E-state index contributed by atoms with van der Waals surface area (Å²) in [6, 6.07) is 58.3. The maximum Gasteiger partial charge on any atom is 0.414 e. The average molecular weight is 921 g/mol. The zero-order valence-corrected chi connectivity index (χ0v) is 32.6. The molecule has 6 rings (SSSR count). The first kappa shape index (κ1) is 45.3. The van der Waals surface area contributed by atoms with Crippen LogP contribution in [-0.4, -0.2) is 34.8 Å². The molecule has 54 heavy (non-hydrogen) atoms. The first-order valence-electron chi connectivity index (χ1n) is 16.2. The minimum absolute atomic E-state index is 0. The summed E-state index contributed by atoms with van der Waals surface area (Å²) in [7, 11) is -5.55. The van der Waals surface area contributed by atoms with Crippen LogP contribution in [0.4, 0.5) is 26.3 Å². The average Bonchev–Trinajstić information content (AvgIpc) is 3.19. The molecule has 0 aliphatic heterocycles. The topological polar surface area (TPSA) is 74.6 Å². The zero-order chi connectivity index (χ0) is 38.5. The molecular weight excluding hydrogens is 884 g/mol. The van der Waals surface area contributed by atoms with Gasteiger partial charge in [-0.1, -0.05) is 182 Å². The maximum absolute atomic E-state index is 13.8. The van der Waals surface area contributed by atoms with Gasteiger partial charge in [0.15, 0.2) is 26.5 Å². The van der Waals surface area contributed by atoms with Gasteiger partial charge in [-0.2, -0.15) is 26.3 Å². The van der Waals surface area contributed by atoms with E-state index in [-0.39, 0.29) is 49.4 Å². The molecule has 0 fully saturated rings. The number of aliphatic hydroxyl groups excluding tert-OH is 2. The van der Waals surface area contributed by atoms with Crippen LogP contribution in [0, 0.1) is 49.4 Å². The Hall–Kier alpha value is -3.14. The van der Waals surface area contributed by atoms with Gasteiger partial charge < -0.3 is 19.3 Å². The van der Waals surface area contributed by atoms with E-state index in [1.807, 2.05) is 182 Å². The Labute approximate surface area is 351 Å². The van der Waals surface area contributed by atoms with Gasteiger partial charge in [-0.05, 0) is 0 Å². The molecule has 2 atom stereocenters. The second kappa shape index (κ2) is 20.7. The van der Waals surface area contributed by atoms with Gasteiger partial charge in [-0.3, -0.25) is 0 Å². The van der Waals surface area contributed by atoms with E-state index in [9.17, 15) is 35.5 Å². The van der Waals surface area contributed by atoms with Crippen molar-refractivity contribution >= 4 is 46.1 Å². The Balaban J connectivity index is 0.000000222. The molecule has 0 aliphatic rings. The molecule has 283 valence electrons. The van der Waals surface area contributed by atoms with Gasteiger partial charge in [0.05, 0.1) is 0 Å². The summed E-state index contributed by atoms with van der Waals surface area (Å²) in [5.74, 6) is 0. The Kier molecular flexibility index (Phi) is 17.3. The monoisotopic (exact) mass is 921 g/mol. The summed E-state index contributed by atoms with van der Waals surface area (Å²) < 4.78 is 96.5. The maximum atomic E-state index is 13.8. The normalized spacial score (nSPS) is 12.7. The van der Waals surface area contributed by atoms with Crippen molar-refractivity contribution in [2.75, 3.05) is 0 Å². The first-order chi connectivity index (χ1) is 25.2. The Bertz CT molecular complexity index is 1700. The predicted molar refractivity (Wildman–Crippen MR) is 200 cm³/mol. The molecule has 0 aromatic heterocycles. The predicted octanol–water partition coefficient (Wildman–Crippen LogP) is 7.87. The van der Waals surface area contributed by atoms with Crippen LogP contribution in [0.3, 0.4) is 0 Å². The van der Waals surface area contributed by atoms with Gasteiger partial charge >= 0.3 is 12.4 Å². The fourth-order valence-corrected chi connectivity index (χ4v) is 10.5. The van der Waals surface area contributed by atoms with Crippen LogP contribution in [0.5, 0.6) is 0 Å². The number of alkyl halides is 6. The third-order valence-corrected chi connectivity index (χ3v) is 14.1. The molecule has 1 radical (unpaired) electrons. The minimum Gasteiger partial charge on any atom is -0.384 e. The molecule has 0 amide bonds. The van der Waals surface area contributed by atoms with Gasteiger partial charge in [0.2, 0.25) is 0 Å². The van der Waals surface area contributed by atoms with Gasteiger partial charge in [-0.25, -0.2) is 0 Å². The van der Waals surface area contributed by atoms with Crippen LogP contribution >= 0.6 is 14.3 Å². The molecule has 0 heterocycles. The molecule has 2 N–H and O–H groups in total. The number of hydrogen-bond donors (Lipinski definition) is 2. The quantitative estimate of drug-likeness (QED) is 0.121. The molecule has 6 aromatic carbocycles. The molecule has 0 saturated heterocycles. The van der Waals surface area contributed by atoms with Crippen molar-refractivity contribution in [1.82, 2.24) is 0 Å². The molecule has 6 aromatic rings. The van der Waals surface area contributed by atoms with E-state index in [2.05, 4.69) is 0 Å². The number of rotatable bonds is 8. The van der Waals surface area contributed by atoms with Gasteiger partial charge in [0, 0.05) is 87.6 Å². The number of halogens is 6. The molecule has 4 nitrogen and oxygen atoms in total. The van der Waals surface area contributed by atoms with E-state index in [1.54, 1.807) is 0 Å². The van der Waals surface area contributed by atoms with Crippen molar-refractivity contribution in [3.05, 3.63) is 182 Å². The fourth-order valence-electron chi connectivity index (χ4n) is 5.20. The Morgan fingerprint density at radius 2 is 0.519 bits per heavy atom.